The van der Waals surface area contributed by atoms with E-state index in [1.165, 1.54) is 12.1 Å². The lowest BCUT2D eigenvalue weighted by molar-refractivity contribution is 0.626. The molecule has 7 heteroatoms. The highest BCUT2D eigenvalue weighted by molar-refractivity contribution is 6.28. The molecule has 0 radical (unpaired) electrons. The van der Waals surface area contributed by atoms with Crippen LogP contribution < -0.4 is 5.32 Å². The van der Waals surface area contributed by atoms with Crippen LogP contribution in [0.2, 0.25) is 5.28 Å². The number of rotatable bonds is 3. The Morgan fingerprint density at radius 3 is 2.75 bits per heavy atom. The van der Waals surface area contributed by atoms with Crippen molar-refractivity contribution in [3.63, 3.8) is 0 Å². The molecule has 0 saturated heterocycles. The zero-order valence-corrected chi connectivity index (χ0v) is 11.3. The van der Waals surface area contributed by atoms with E-state index >= 15 is 0 Å². The van der Waals surface area contributed by atoms with Gasteiger partial charge in [-0.2, -0.15) is 15.1 Å². The highest BCUT2D eigenvalue weighted by Gasteiger charge is 2.12. The number of halogens is 2. The van der Waals surface area contributed by atoms with E-state index in [1.807, 2.05) is 6.92 Å². The summed E-state index contributed by atoms with van der Waals surface area (Å²) in [6, 6.07) is 6.24. The summed E-state index contributed by atoms with van der Waals surface area (Å²) < 4.78 is 12.9. The fraction of sp³-hybridized carbons (Fsp3) is 0.154. The number of hydrogen-bond donors (Lipinski definition) is 2. The van der Waals surface area contributed by atoms with Crippen molar-refractivity contribution in [2.24, 2.45) is 0 Å². The standard InChI is InChI=1S/C13H11ClFN5/c1-7(8-2-4-9(15)5-3-8)17-11-10-6-16-20-12(10)19-13(14)18-11/h2-7H,1H3,(H2,16,17,18,19,20). The van der Waals surface area contributed by atoms with Gasteiger partial charge in [0.2, 0.25) is 5.28 Å². The zero-order valence-electron chi connectivity index (χ0n) is 10.6. The zero-order chi connectivity index (χ0) is 14.1. The number of aromatic amines is 1. The maximum absolute atomic E-state index is 12.9. The molecule has 102 valence electrons. The van der Waals surface area contributed by atoms with E-state index < -0.39 is 0 Å². The maximum Gasteiger partial charge on any atom is 0.226 e. The summed E-state index contributed by atoms with van der Waals surface area (Å²) in [5, 5.41) is 10.8. The summed E-state index contributed by atoms with van der Waals surface area (Å²) in [6.45, 7) is 1.95. The monoisotopic (exact) mass is 291 g/mol. The third kappa shape index (κ3) is 2.42. The summed E-state index contributed by atoms with van der Waals surface area (Å²) in [5.41, 5.74) is 1.51. The smallest absolute Gasteiger partial charge is 0.226 e. The molecule has 0 aliphatic carbocycles. The number of aromatic nitrogens is 4. The number of benzene rings is 1. The van der Waals surface area contributed by atoms with Gasteiger partial charge in [0, 0.05) is 6.04 Å². The molecule has 1 unspecified atom stereocenters. The second-order valence-electron chi connectivity index (χ2n) is 4.39. The Morgan fingerprint density at radius 2 is 2.00 bits per heavy atom. The molecule has 3 rings (SSSR count). The van der Waals surface area contributed by atoms with E-state index in [0.717, 1.165) is 10.9 Å². The molecule has 2 N–H and O–H groups in total. The van der Waals surface area contributed by atoms with E-state index in [2.05, 4.69) is 25.5 Å². The van der Waals surface area contributed by atoms with Crippen LogP contribution in [0, 0.1) is 5.82 Å². The minimum Gasteiger partial charge on any atom is -0.363 e. The quantitative estimate of drug-likeness (QED) is 0.727. The van der Waals surface area contributed by atoms with Gasteiger partial charge in [0.15, 0.2) is 5.65 Å². The van der Waals surface area contributed by atoms with Crippen LogP contribution in [0.4, 0.5) is 10.2 Å². The molecule has 3 aromatic rings. The van der Waals surface area contributed by atoms with Crippen molar-refractivity contribution in [2.75, 3.05) is 5.32 Å². The van der Waals surface area contributed by atoms with Crippen LogP contribution in [-0.4, -0.2) is 20.2 Å². The van der Waals surface area contributed by atoms with Crippen molar-refractivity contribution >= 4 is 28.5 Å². The van der Waals surface area contributed by atoms with Gasteiger partial charge in [-0.05, 0) is 36.2 Å². The largest absolute Gasteiger partial charge is 0.363 e. The first kappa shape index (κ1) is 12.8. The highest BCUT2D eigenvalue weighted by atomic mass is 35.5. The van der Waals surface area contributed by atoms with Crippen molar-refractivity contribution in [1.29, 1.82) is 0 Å². The Morgan fingerprint density at radius 1 is 1.25 bits per heavy atom. The van der Waals surface area contributed by atoms with Gasteiger partial charge in [-0.3, -0.25) is 5.10 Å². The van der Waals surface area contributed by atoms with Crippen LogP contribution in [0.15, 0.2) is 30.5 Å². The lowest BCUT2D eigenvalue weighted by atomic mass is 10.1. The van der Waals surface area contributed by atoms with Gasteiger partial charge >= 0.3 is 0 Å². The Kier molecular flexibility index (Phi) is 3.23. The first-order valence-corrected chi connectivity index (χ1v) is 6.40. The molecule has 0 spiro atoms. The molecule has 2 heterocycles. The number of fused-ring (bicyclic) bond motifs is 1. The third-order valence-corrected chi connectivity index (χ3v) is 3.17. The first-order chi connectivity index (χ1) is 9.63. The van der Waals surface area contributed by atoms with Crippen molar-refractivity contribution in [1.82, 2.24) is 20.2 Å². The molecule has 0 bridgehead atoms. The Hall–Kier alpha value is -2.21. The number of nitrogens with zero attached hydrogens (tertiary/aromatic N) is 3. The normalized spacial score (nSPS) is 12.6. The summed E-state index contributed by atoms with van der Waals surface area (Å²) in [5.74, 6) is 0.328. The summed E-state index contributed by atoms with van der Waals surface area (Å²) in [7, 11) is 0. The predicted molar refractivity (Wildman–Crippen MR) is 75.1 cm³/mol. The minimum atomic E-state index is -0.261. The molecule has 5 nitrogen and oxygen atoms in total. The number of anilines is 1. The van der Waals surface area contributed by atoms with Crippen LogP contribution in [0.5, 0.6) is 0 Å². The number of H-pyrrole nitrogens is 1. The average Bonchev–Trinajstić information content (AvgIpc) is 2.87. The van der Waals surface area contributed by atoms with Crippen LogP contribution in [0.3, 0.4) is 0 Å². The Balaban J connectivity index is 1.92. The van der Waals surface area contributed by atoms with Crippen molar-refractivity contribution in [2.45, 2.75) is 13.0 Å². The molecule has 0 aliphatic heterocycles. The van der Waals surface area contributed by atoms with Gasteiger partial charge in [-0.1, -0.05) is 12.1 Å². The number of nitrogens with one attached hydrogen (secondary N) is 2. The van der Waals surface area contributed by atoms with Crippen molar-refractivity contribution in [3.8, 4) is 0 Å². The predicted octanol–water partition coefficient (Wildman–Crippen LogP) is 3.32. The molecule has 2 aromatic heterocycles. The van der Waals surface area contributed by atoms with E-state index in [9.17, 15) is 4.39 Å². The fourth-order valence-corrected chi connectivity index (χ4v) is 2.13. The lowest BCUT2D eigenvalue weighted by Gasteiger charge is -2.15. The second-order valence-corrected chi connectivity index (χ2v) is 4.73. The van der Waals surface area contributed by atoms with E-state index in [4.69, 9.17) is 11.6 Å². The van der Waals surface area contributed by atoms with E-state index in [-0.39, 0.29) is 17.1 Å². The van der Waals surface area contributed by atoms with Crippen LogP contribution in [0.1, 0.15) is 18.5 Å². The molecule has 20 heavy (non-hydrogen) atoms. The summed E-state index contributed by atoms with van der Waals surface area (Å²) >= 11 is 5.87. The van der Waals surface area contributed by atoms with Crippen LogP contribution in [0.25, 0.3) is 11.0 Å². The van der Waals surface area contributed by atoms with Gasteiger partial charge in [0.05, 0.1) is 11.6 Å². The van der Waals surface area contributed by atoms with E-state index in [0.29, 0.717) is 11.5 Å². The third-order valence-electron chi connectivity index (χ3n) is 3.01. The first-order valence-electron chi connectivity index (χ1n) is 6.02. The van der Waals surface area contributed by atoms with Crippen LogP contribution in [-0.2, 0) is 0 Å². The number of hydrogen-bond acceptors (Lipinski definition) is 4. The molecule has 1 atom stereocenters. The molecular weight excluding hydrogens is 281 g/mol. The topological polar surface area (TPSA) is 66.5 Å². The maximum atomic E-state index is 12.9. The molecule has 1 aromatic carbocycles. The Bertz CT molecular complexity index is 740. The summed E-state index contributed by atoms with van der Waals surface area (Å²) in [4.78, 5) is 8.20. The van der Waals surface area contributed by atoms with Gasteiger partial charge in [-0.25, -0.2) is 4.39 Å². The summed E-state index contributed by atoms with van der Waals surface area (Å²) in [6.07, 6.45) is 1.63. The van der Waals surface area contributed by atoms with Crippen molar-refractivity contribution in [3.05, 3.63) is 47.1 Å². The van der Waals surface area contributed by atoms with Gasteiger partial charge in [-0.15, -0.1) is 0 Å². The Labute approximate surface area is 119 Å². The minimum absolute atomic E-state index is 0.0559. The van der Waals surface area contributed by atoms with Crippen molar-refractivity contribution < 1.29 is 4.39 Å². The van der Waals surface area contributed by atoms with Gasteiger partial charge in [0.25, 0.3) is 0 Å². The molecule has 0 amide bonds. The highest BCUT2D eigenvalue weighted by Crippen LogP contribution is 2.24. The fourth-order valence-electron chi connectivity index (χ4n) is 1.96. The average molecular weight is 292 g/mol. The van der Waals surface area contributed by atoms with Gasteiger partial charge in [0.1, 0.15) is 11.6 Å². The lowest BCUT2D eigenvalue weighted by Crippen LogP contribution is -2.08. The second kappa shape index (κ2) is 5.05. The molecule has 0 aliphatic rings. The van der Waals surface area contributed by atoms with Crippen LogP contribution >= 0.6 is 11.6 Å². The SMILES string of the molecule is CC(Nc1nc(Cl)nc2[nH]ncc12)c1ccc(F)cc1. The molecule has 0 fully saturated rings. The molecular formula is C13H11ClFN5. The van der Waals surface area contributed by atoms with E-state index in [1.54, 1.807) is 18.3 Å². The van der Waals surface area contributed by atoms with Gasteiger partial charge < -0.3 is 5.32 Å². The molecule has 0 saturated carbocycles.